The normalized spacial score (nSPS) is 19.4. The summed E-state index contributed by atoms with van der Waals surface area (Å²) in [5, 5.41) is 3.05. The zero-order valence-corrected chi connectivity index (χ0v) is 15.8. The predicted molar refractivity (Wildman–Crippen MR) is 101 cm³/mol. The summed E-state index contributed by atoms with van der Waals surface area (Å²) in [6.07, 6.45) is 6.83. The van der Waals surface area contributed by atoms with E-state index in [1.807, 2.05) is 13.8 Å². The minimum absolute atomic E-state index is 0.0917. The van der Waals surface area contributed by atoms with Crippen molar-refractivity contribution in [3.63, 3.8) is 0 Å². The molecule has 0 bridgehead atoms. The molecule has 0 spiro atoms. The topological polar surface area (TPSA) is 61.4 Å². The molecule has 1 amide bonds. The number of likely N-dealkylation sites (N-methyl/N-ethyl adjacent to an activating group) is 1. The van der Waals surface area contributed by atoms with Crippen molar-refractivity contribution in [3.8, 4) is 0 Å². The number of nitrogens with zero attached hydrogens (tertiary/aromatic N) is 4. The van der Waals surface area contributed by atoms with Gasteiger partial charge in [0.1, 0.15) is 0 Å². The molecule has 2 aliphatic rings. The fraction of sp³-hybridized carbons (Fsp3) is 0.737. The maximum Gasteiger partial charge on any atom is 0.225 e. The molecule has 6 nitrogen and oxygen atoms in total. The number of nitrogens with one attached hydrogen (secondary N) is 1. The summed E-state index contributed by atoms with van der Waals surface area (Å²) in [5.74, 6) is 1.62. The van der Waals surface area contributed by atoms with Crippen LogP contribution >= 0.6 is 0 Å². The summed E-state index contributed by atoms with van der Waals surface area (Å²) in [6, 6.07) is 0. The highest BCUT2D eigenvalue weighted by atomic mass is 16.1. The van der Waals surface area contributed by atoms with Crippen molar-refractivity contribution >= 4 is 17.5 Å². The van der Waals surface area contributed by atoms with E-state index in [1.54, 1.807) is 0 Å². The molecule has 25 heavy (non-hydrogen) atoms. The number of carbonyl (C=O) groups excluding carboxylic acids is 1. The first-order chi connectivity index (χ1) is 12.0. The van der Waals surface area contributed by atoms with Crippen molar-refractivity contribution in [1.82, 2.24) is 14.9 Å². The first-order valence-electron chi connectivity index (χ1n) is 9.61. The van der Waals surface area contributed by atoms with Gasteiger partial charge in [0.25, 0.3) is 0 Å². The molecule has 1 N–H and O–H groups in total. The van der Waals surface area contributed by atoms with E-state index in [0.717, 1.165) is 61.5 Å². The first kappa shape index (κ1) is 18.1. The number of aromatic nitrogens is 2. The van der Waals surface area contributed by atoms with Gasteiger partial charge >= 0.3 is 0 Å². The number of carbonyl (C=O) groups is 1. The molecule has 3 rings (SSSR count). The predicted octanol–water partition coefficient (Wildman–Crippen LogP) is 2.75. The Hall–Kier alpha value is -1.69. The van der Waals surface area contributed by atoms with Crippen LogP contribution in [0.3, 0.4) is 0 Å². The summed E-state index contributed by atoms with van der Waals surface area (Å²) < 4.78 is 0. The van der Waals surface area contributed by atoms with E-state index in [-0.39, 0.29) is 5.91 Å². The van der Waals surface area contributed by atoms with Gasteiger partial charge in [0, 0.05) is 32.6 Å². The van der Waals surface area contributed by atoms with Crippen LogP contribution in [-0.2, 0) is 4.79 Å². The molecule has 6 heteroatoms. The van der Waals surface area contributed by atoms with E-state index in [9.17, 15) is 4.79 Å². The van der Waals surface area contributed by atoms with Crippen molar-refractivity contribution in [2.24, 2.45) is 5.92 Å². The average molecular weight is 345 g/mol. The molecule has 138 valence electrons. The van der Waals surface area contributed by atoms with Gasteiger partial charge < -0.3 is 15.1 Å². The lowest BCUT2D eigenvalue weighted by Gasteiger charge is -2.32. The summed E-state index contributed by atoms with van der Waals surface area (Å²) in [5.41, 5.74) is 2.50. The Labute approximate surface area is 151 Å². The lowest BCUT2D eigenvalue weighted by Crippen LogP contribution is -2.45. The van der Waals surface area contributed by atoms with Gasteiger partial charge in [-0.15, -0.1) is 0 Å². The average Bonchev–Trinajstić information content (AvgIpc) is 3.10. The molecule has 1 aromatic rings. The number of hydrogen-bond donors (Lipinski definition) is 1. The number of hydrogen-bond acceptors (Lipinski definition) is 5. The van der Waals surface area contributed by atoms with Gasteiger partial charge in [0.2, 0.25) is 11.9 Å². The lowest BCUT2D eigenvalue weighted by molar-refractivity contribution is -0.116. The number of anilines is 2. The maximum atomic E-state index is 12.3. The molecule has 1 aliphatic heterocycles. The third-order valence-electron chi connectivity index (χ3n) is 5.56. The highest BCUT2D eigenvalue weighted by Crippen LogP contribution is 2.29. The molecule has 0 aromatic carbocycles. The zero-order chi connectivity index (χ0) is 17.8. The van der Waals surface area contributed by atoms with Gasteiger partial charge in [0.15, 0.2) is 0 Å². The quantitative estimate of drug-likeness (QED) is 0.889. The third kappa shape index (κ3) is 4.69. The van der Waals surface area contributed by atoms with Gasteiger partial charge in [-0.25, -0.2) is 9.97 Å². The van der Waals surface area contributed by atoms with Gasteiger partial charge in [-0.2, -0.15) is 0 Å². The molecule has 1 aromatic heterocycles. The van der Waals surface area contributed by atoms with E-state index in [0.29, 0.717) is 6.42 Å². The summed E-state index contributed by atoms with van der Waals surface area (Å²) in [4.78, 5) is 26.2. The Balaban J connectivity index is 1.60. The van der Waals surface area contributed by atoms with Crippen LogP contribution in [0.15, 0.2) is 0 Å². The molecule has 2 heterocycles. The van der Waals surface area contributed by atoms with Crippen molar-refractivity contribution in [2.75, 3.05) is 43.4 Å². The molecule has 0 unspecified atom stereocenters. The Morgan fingerprint density at radius 3 is 2.28 bits per heavy atom. The maximum absolute atomic E-state index is 12.3. The van der Waals surface area contributed by atoms with Gasteiger partial charge in [-0.05, 0) is 33.2 Å². The third-order valence-corrected chi connectivity index (χ3v) is 5.56. The number of rotatable bonds is 5. The molecule has 0 atom stereocenters. The highest BCUT2D eigenvalue weighted by molar-refractivity contribution is 5.91. The second-order valence-electron chi connectivity index (χ2n) is 7.60. The largest absolute Gasteiger partial charge is 0.338 e. The fourth-order valence-electron chi connectivity index (χ4n) is 3.86. The minimum Gasteiger partial charge on any atom is -0.338 e. The Kier molecular flexibility index (Phi) is 5.89. The zero-order valence-electron chi connectivity index (χ0n) is 15.8. The first-order valence-corrected chi connectivity index (χ1v) is 9.61. The van der Waals surface area contributed by atoms with Crippen LogP contribution in [0.25, 0.3) is 0 Å². The SMILES string of the molecule is Cc1nc(N2CCN(C)CC2)nc(C)c1NC(=O)CCC1CCCC1. The highest BCUT2D eigenvalue weighted by Gasteiger charge is 2.20. The molecule has 1 aliphatic carbocycles. The van der Waals surface area contributed by atoms with Crippen molar-refractivity contribution in [3.05, 3.63) is 11.4 Å². The number of aryl methyl sites for hydroxylation is 2. The lowest BCUT2D eigenvalue weighted by atomic mass is 10.0. The second kappa shape index (κ2) is 8.13. The van der Waals surface area contributed by atoms with Crippen LogP contribution in [0.1, 0.15) is 49.9 Å². The van der Waals surface area contributed by atoms with Crippen LogP contribution in [0, 0.1) is 19.8 Å². The van der Waals surface area contributed by atoms with E-state index in [4.69, 9.17) is 0 Å². The van der Waals surface area contributed by atoms with Crippen LogP contribution in [-0.4, -0.2) is 54.0 Å². The molecule has 1 saturated heterocycles. The second-order valence-corrected chi connectivity index (χ2v) is 7.60. The van der Waals surface area contributed by atoms with Crippen molar-refractivity contribution in [1.29, 1.82) is 0 Å². The van der Waals surface area contributed by atoms with E-state index in [1.165, 1.54) is 25.7 Å². The Morgan fingerprint density at radius 2 is 1.68 bits per heavy atom. The molecule has 0 radical (unpaired) electrons. The van der Waals surface area contributed by atoms with Crippen LogP contribution in [0.5, 0.6) is 0 Å². The van der Waals surface area contributed by atoms with Crippen molar-refractivity contribution in [2.45, 2.75) is 52.4 Å². The van der Waals surface area contributed by atoms with Crippen molar-refractivity contribution < 1.29 is 4.79 Å². The van der Waals surface area contributed by atoms with Crippen LogP contribution in [0.2, 0.25) is 0 Å². The standard InChI is InChI=1S/C19H31N5O/c1-14-18(22-17(25)9-8-16-6-4-5-7-16)15(2)21-19(20-14)24-12-10-23(3)11-13-24/h16H,4-13H2,1-3H3,(H,22,25). The fourth-order valence-corrected chi connectivity index (χ4v) is 3.86. The summed E-state index contributed by atoms with van der Waals surface area (Å²) >= 11 is 0. The monoisotopic (exact) mass is 345 g/mol. The van der Waals surface area contributed by atoms with E-state index >= 15 is 0 Å². The van der Waals surface area contributed by atoms with Crippen LogP contribution in [0.4, 0.5) is 11.6 Å². The Morgan fingerprint density at radius 1 is 1.08 bits per heavy atom. The minimum atomic E-state index is 0.0917. The van der Waals surface area contributed by atoms with Gasteiger partial charge in [-0.1, -0.05) is 25.7 Å². The Bertz CT molecular complexity index is 581. The molecule has 1 saturated carbocycles. The van der Waals surface area contributed by atoms with E-state index in [2.05, 4.69) is 32.1 Å². The van der Waals surface area contributed by atoms with Crippen LogP contribution < -0.4 is 10.2 Å². The smallest absolute Gasteiger partial charge is 0.225 e. The summed E-state index contributed by atoms with van der Waals surface area (Å²) in [6.45, 7) is 7.87. The number of piperazine rings is 1. The molecule has 2 fully saturated rings. The van der Waals surface area contributed by atoms with E-state index < -0.39 is 0 Å². The van der Waals surface area contributed by atoms with Gasteiger partial charge in [-0.3, -0.25) is 4.79 Å². The van der Waals surface area contributed by atoms with Gasteiger partial charge in [0.05, 0.1) is 17.1 Å². The number of amides is 1. The summed E-state index contributed by atoms with van der Waals surface area (Å²) in [7, 11) is 2.14. The molecular formula is C19H31N5O. The molecular weight excluding hydrogens is 314 g/mol.